The summed E-state index contributed by atoms with van der Waals surface area (Å²) in [5.74, 6) is 0.380. The Morgan fingerprint density at radius 2 is 0.963 bits per heavy atom. The first kappa shape index (κ1) is 19.4. The van der Waals surface area contributed by atoms with Crippen molar-refractivity contribution in [3.05, 3.63) is 106 Å². The molecule has 0 bridgehead atoms. The van der Waals surface area contributed by atoms with Crippen LogP contribution in [0.3, 0.4) is 0 Å². The van der Waals surface area contributed by atoms with E-state index in [1.165, 1.54) is 16.7 Å². The third-order valence-corrected chi connectivity index (χ3v) is 5.62. The highest BCUT2D eigenvalue weighted by Crippen LogP contribution is 2.42. The van der Waals surface area contributed by atoms with Gasteiger partial charge < -0.3 is 0 Å². The summed E-state index contributed by atoms with van der Waals surface area (Å²) in [7, 11) is 0. The van der Waals surface area contributed by atoms with Crippen LogP contribution in [0.5, 0.6) is 0 Å². The highest BCUT2D eigenvalue weighted by Gasteiger charge is 2.38. The van der Waals surface area contributed by atoms with Crippen LogP contribution in [-0.4, -0.2) is 11.5 Å². The predicted molar refractivity (Wildman–Crippen MR) is 117 cm³/mol. The van der Waals surface area contributed by atoms with Crippen molar-refractivity contribution in [2.45, 2.75) is 32.6 Å². The minimum atomic E-state index is -0.519. The molecule has 0 aliphatic rings. The fraction of sp³-hybridized carbons (Fsp3) is 0.240. The molecule has 0 amide bonds. The molecule has 0 spiro atoms. The third kappa shape index (κ3) is 4.01. The summed E-state index contributed by atoms with van der Waals surface area (Å²) in [5.41, 5.74) is 6.51. The molecule has 0 aliphatic carbocycles. The number of carbonyl (C=O) groups is 1. The number of carbonyl (C=O) groups excluding carboxylic acids is 1. The lowest BCUT2D eigenvalue weighted by atomic mass is 9.66. The van der Waals surface area contributed by atoms with Crippen LogP contribution < -0.4 is 0 Å². The van der Waals surface area contributed by atoms with Crippen molar-refractivity contribution in [3.8, 4) is 0 Å². The monoisotopic (exact) mass is 374 g/mol. The number of Topliss-reactive ketones (excluding diaryl/α,β-unsaturated/α-hetero) is 1. The van der Waals surface area contributed by atoms with Crippen molar-refractivity contribution in [1.82, 2.24) is 0 Å². The molecule has 0 saturated carbocycles. The molecule has 3 rings (SSSR count). The number of rotatable bonds is 6. The number of ketones is 1. The summed E-state index contributed by atoms with van der Waals surface area (Å²) >= 11 is 4.26. The van der Waals surface area contributed by atoms with E-state index in [0.717, 1.165) is 16.7 Å². The van der Waals surface area contributed by atoms with Gasteiger partial charge in [0, 0.05) is 12.2 Å². The molecule has 1 nitrogen and oxygen atoms in total. The van der Waals surface area contributed by atoms with Crippen LogP contribution in [0.2, 0.25) is 0 Å². The molecule has 0 unspecified atom stereocenters. The maximum Gasteiger partial charge on any atom is 0.144 e. The van der Waals surface area contributed by atoms with Gasteiger partial charge in [0.25, 0.3) is 0 Å². The Hall–Kier alpha value is -2.32. The quantitative estimate of drug-likeness (QED) is 0.424. The van der Waals surface area contributed by atoms with Gasteiger partial charge in [0.2, 0.25) is 0 Å². The van der Waals surface area contributed by atoms with Crippen molar-refractivity contribution >= 4 is 18.4 Å². The Labute approximate surface area is 167 Å². The van der Waals surface area contributed by atoms with Crippen LogP contribution in [0.15, 0.2) is 72.8 Å². The van der Waals surface area contributed by atoms with E-state index in [1.807, 2.05) is 0 Å². The lowest BCUT2D eigenvalue weighted by Gasteiger charge is -2.36. The maximum absolute atomic E-state index is 12.7. The lowest BCUT2D eigenvalue weighted by molar-refractivity contribution is -0.117. The zero-order chi connectivity index (χ0) is 19.4. The van der Waals surface area contributed by atoms with Gasteiger partial charge in [-0.3, -0.25) is 4.79 Å². The Balaban J connectivity index is 2.32. The van der Waals surface area contributed by atoms with Crippen molar-refractivity contribution in [2.75, 3.05) is 5.75 Å². The van der Waals surface area contributed by atoms with Gasteiger partial charge in [0.15, 0.2) is 0 Å². The number of hydrogen-bond acceptors (Lipinski definition) is 2. The Morgan fingerprint density at radius 3 is 1.22 bits per heavy atom. The van der Waals surface area contributed by atoms with E-state index in [4.69, 9.17) is 0 Å². The standard InChI is InChI=1S/C25H26OS/c1-18-4-10-21(11-5-18)25(16-24(26)17-27,22-12-6-19(2)7-13-22)23-14-8-20(3)9-15-23/h4-15,27H,16-17H2,1-3H3. The molecule has 0 N–H and O–H groups in total. The normalized spacial score (nSPS) is 11.4. The summed E-state index contributed by atoms with van der Waals surface area (Å²) in [4.78, 5) is 12.7. The third-order valence-electron chi connectivity index (χ3n) is 5.27. The van der Waals surface area contributed by atoms with E-state index in [1.54, 1.807) is 0 Å². The van der Waals surface area contributed by atoms with Crippen LogP contribution in [0.4, 0.5) is 0 Å². The number of benzene rings is 3. The summed E-state index contributed by atoms with van der Waals surface area (Å²) in [5, 5.41) is 0. The van der Waals surface area contributed by atoms with Gasteiger partial charge in [-0.2, -0.15) is 12.6 Å². The van der Waals surface area contributed by atoms with E-state index in [2.05, 4.69) is 106 Å². The van der Waals surface area contributed by atoms with Gasteiger partial charge in [0.05, 0.1) is 5.41 Å². The summed E-state index contributed by atoms with van der Waals surface area (Å²) in [6, 6.07) is 25.7. The molecular formula is C25H26OS. The fourth-order valence-corrected chi connectivity index (χ4v) is 3.78. The first-order valence-corrected chi connectivity index (χ1v) is 9.93. The molecule has 0 fully saturated rings. The summed E-state index contributed by atoms with van der Waals surface area (Å²) in [6.07, 6.45) is 0.395. The van der Waals surface area contributed by atoms with E-state index in [9.17, 15) is 4.79 Å². The molecular weight excluding hydrogens is 348 g/mol. The molecule has 2 heteroatoms. The first-order valence-electron chi connectivity index (χ1n) is 9.30. The van der Waals surface area contributed by atoms with Crippen molar-refractivity contribution < 1.29 is 4.79 Å². The van der Waals surface area contributed by atoms with Crippen LogP contribution in [-0.2, 0) is 10.2 Å². The van der Waals surface area contributed by atoms with Gasteiger partial charge in [-0.05, 0) is 37.5 Å². The van der Waals surface area contributed by atoms with Crippen LogP contribution in [0.1, 0.15) is 39.8 Å². The first-order chi connectivity index (χ1) is 13.0. The molecule has 3 aromatic carbocycles. The zero-order valence-corrected chi connectivity index (χ0v) is 17.1. The fourth-order valence-electron chi connectivity index (χ4n) is 3.67. The highest BCUT2D eigenvalue weighted by molar-refractivity contribution is 7.81. The van der Waals surface area contributed by atoms with E-state index < -0.39 is 5.41 Å². The molecule has 27 heavy (non-hydrogen) atoms. The lowest BCUT2D eigenvalue weighted by Crippen LogP contribution is -2.33. The number of thiol groups is 1. The van der Waals surface area contributed by atoms with Crippen molar-refractivity contribution in [1.29, 1.82) is 0 Å². The Kier molecular flexibility index (Phi) is 5.86. The second-order valence-electron chi connectivity index (χ2n) is 7.38. The van der Waals surface area contributed by atoms with Gasteiger partial charge >= 0.3 is 0 Å². The number of aryl methyl sites for hydroxylation is 3. The topological polar surface area (TPSA) is 17.1 Å². The highest BCUT2D eigenvalue weighted by atomic mass is 32.1. The number of hydrogen-bond donors (Lipinski definition) is 1. The molecule has 0 atom stereocenters. The van der Waals surface area contributed by atoms with Gasteiger partial charge in [-0.25, -0.2) is 0 Å². The van der Waals surface area contributed by atoms with Crippen molar-refractivity contribution in [3.63, 3.8) is 0 Å². The van der Waals surface area contributed by atoms with Crippen LogP contribution in [0, 0.1) is 20.8 Å². The van der Waals surface area contributed by atoms with E-state index in [0.29, 0.717) is 6.42 Å². The average Bonchev–Trinajstić information content (AvgIpc) is 2.68. The molecule has 138 valence electrons. The Bertz CT molecular complexity index is 795. The molecule has 0 radical (unpaired) electrons. The average molecular weight is 375 g/mol. The van der Waals surface area contributed by atoms with Gasteiger partial charge in [-0.1, -0.05) is 89.5 Å². The zero-order valence-electron chi connectivity index (χ0n) is 16.2. The van der Waals surface area contributed by atoms with Crippen LogP contribution >= 0.6 is 12.6 Å². The molecule has 0 aliphatic heterocycles. The maximum atomic E-state index is 12.7. The molecule has 0 saturated heterocycles. The van der Waals surface area contributed by atoms with Gasteiger partial charge in [0.1, 0.15) is 5.78 Å². The predicted octanol–water partition coefficient (Wildman–Crippen LogP) is 5.84. The van der Waals surface area contributed by atoms with Crippen LogP contribution in [0.25, 0.3) is 0 Å². The summed E-state index contributed by atoms with van der Waals surface area (Å²) < 4.78 is 0. The smallest absolute Gasteiger partial charge is 0.144 e. The van der Waals surface area contributed by atoms with Crippen molar-refractivity contribution in [2.24, 2.45) is 0 Å². The largest absolute Gasteiger partial charge is 0.299 e. The minimum absolute atomic E-state index is 0.139. The molecule has 0 aromatic heterocycles. The summed E-state index contributed by atoms with van der Waals surface area (Å²) in [6.45, 7) is 6.26. The molecule has 3 aromatic rings. The SMILES string of the molecule is Cc1ccc(C(CC(=O)CS)(c2ccc(C)cc2)c2ccc(C)cc2)cc1. The van der Waals surface area contributed by atoms with E-state index in [-0.39, 0.29) is 11.5 Å². The second-order valence-corrected chi connectivity index (χ2v) is 7.69. The second kappa shape index (κ2) is 8.14. The minimum Gasteiger partial charge on any atom is -0.299 e. The molecule has 0 heterocycles. The van der Waals surface area contributed by atoms with E-state index >= 15 is 0 Å². The Morgan fingerprint density at radius 1 is 0.667 bits per heavy atom. The van der Waals surface area contributed by atoms with Gasteiger partial charge in [-0.15, -0.1) is 0 Å².